The predicted octanol–water partition coefficient (Wildman–Crippen LogP) is -3.28. The molecule has 1 aliphatic heterocycles. The van der Waals surface area contributed by atoms with E-state index in [1.807, 2.05) is 0 Å². The molecule has 0 radical (unpaired) electrons. The second-order valence-corrected chi connectivity index (χ2v) is 3.98. The Labute approximate surface area is 102 Å². The molecule has 1 fully saturated rings. The molecule has 0 N–H and O–H groups in total. The van der Waals surface area contributed by atoms with Crippen molar-refractivity contribution in [3.63, 3.8) is 0 Å². The third-order valence-corrected chi connectivity index (χ3v) is 3.08. The first-order valence-electron chi connectivity index (χ1n) is 3.89. The molecule has 0 atom stereocenters. The predicted molar refractivity (Wildman–Crippen MR) is 44.0 cm³/mol. The van der Waals surface area contributed by atoms with Gasteiger partial charge in [0, 0.05) is 13.1 Å². The van der Waals surface area contributed by atoms with E-state index in [0.717, 1.165) is 0 Å². The van der Waals surface area contributed by atoms with E-state index in [4.69, 9.17) is 4.74 Å². The molecule has 0 aliphatic carbocycles. The van der Waals surface area contributed by atoms with Crippen LogP contribution in [0.1, 0.15) is 8.35 Å². The van der Waals surface area contributed by atoms with E-state index in [2.05, 4.69) is 4.18 Å². The van der Waals surface area contributed by atoms with Crippen molar-refractivity contribution in [3.8, 4) is 0 Å². The van der Waals surface area contributed by atoms with Crippen LogP contribution in [0.15, 0.2) is 0 Å². The van der Waals surface area contributed by atoms with E-state index in [9.17, 15) is 8.42 Å². The van der Waals surface area contributed by atoms with Crippen molar-refractivity contribution in [2.45, 2.75) is 6.92 Å². The molecule has 1 saturated heterocycles. The minimum Gasteiger partial charge on any atom is -1.00 e. The molecule has 0 aromatic heterocycles. The molecule has 5 nitrogen and oxygen atoms in total. The van der Waals surface area contributed by atoms with Crippen molar-refractivity contribution in [2.75, 3.05) is 32.9 Å². The Morgan fingerprint density at radius 3 is 2.46 bits per heavy atom. The zero-order valence-corrected chi connectivity index (χ0v) is 10.8. The van der Waals surface area contributed by atoms with Crippen LogP contribution < -0.4 is 29.6 Å². The molecule has 0 amide bonds. The van der Waals surface area contributed by atoms with Crippen LogP contribution in [0.4, 0.5) is 0 Å². The first kappa shape index (κ1) is 13.8. The number of ether oxygens (including phenoxy) is 1. The van der Waals surface area contributed by atoms with Crippen molar-refractivity contribution in [1.29, 1.82) is 0 Å². The molecule has 13 heavy (non-hydrogen) atoms. The maximum atomic E-state index is 11.2. The Balaban J connectivity index is 0. The van der Waals surface area contributed by atoms with Gasteiger partial charge in [0.05, 0.1) is 19.8 Å². The molecule has 0 saturated carbocycles. The normalized spacial score (nSPS) is 19.5. The van der Waals surface area contributed by atoms with Crippen molar-refractivity contribution < 1.29 is 48.3 Å². The summed E-state index contributed by atoms with van der Waals surface area (Å²) in [5, 5.41) is 0. The summed E-state index contributed by atoms with van der Waals surface area (Å²) < 4.78 is 33.4. The van der Waals surface area contributed by atoms with Gasteiger partial charge in [-0.3, -0.25) is 4.18 Å². The van der Waals surface area contributed by atoms with E-state index in [-0.39, 0.29) is 37.6 Å². The Morgan fingerprint density at radius 2 is 2.00 bits per heavy atom. The van der Waals surface area contributed by atoms with E-state index in [1.54, 1.807) is 6.92 Å². The van der Waals surface area contributed by atoms with Gasteiger partial charge in [0.15, 0.2) is 0 Å². The SMILES string of the molecule is CCOS(=O)(=O)N1CCOCC1.[H-].[Na+]. The van der Waals surface area contributed by atoms with Gasteiger partial charge in [0.1, 0.15) is 0 Å². The molecule has 74 valence electrons. The number of nitrogens with zero attached hydrogens (tertiary/aromatic N) is 1. The second-order valence-electron chi connectivity index (χ2n) is 2.38. The van der Waals surface area contributed by atoms with E-state index >= 15 is 0 Å². The van der Waals surface area contributed by atoms with Gasteiger partial charge >= 0.3 is 39.9 Å². The topological polar surface area (TPSA) is 55.8 Å². The van der Waals surface area contributed by atoms with Gasteiger partial charge in [-0.25, -0.2) is 0 Å². The maximum absolute atomic E-state index is 11.2. The van der Waals surface area contributed by atoms with Crippen LogP contribution in [0.25, 0.3) is 0 Å². The summed E-state index contributed by atoms with van der Waals surface area (Å²) >= 11 is 0. The van der Waals surface area contributed by atoms with Crippen molar-refractivity contribution >= 4 is 10.3 Å². The molecule has 0 aromatic carbocycles. The maximum Gasteiger partial charge on any atom is 1.00 e. The second kappa shape index (κ2) is 6.34. The summed E-state index contributed by atoms with van der Waals surface area (Å²) in [6, 6.07) is 0. The fourth-order valence-corrected chi connectivity index (χ4v) is 2.04. The minimum atomic E-state index is -3.48. The summed E-state index contributed by atoms with van der Waals surface area (Å²) in [6.07, 6.45) is 0. The fourth-order valence-electron chi connectivity index (χ4n) is 0.994. The summed E-state index contributed by atoms with van der Waals surface area (Å²) in [5.74, 6) is 0. The van der Waals surface area contributed by atoms with Gasteiger partial charge in [-0.05, 0) is 6.92 Å². The summed E-state index contributed by atoms with van der Waals surface area (Å²) in [7, 11) is -3.48. The van der Waals surface area contributed by atoms with Gasteiger partial charge in [-0.2, -0.15) is 12.7 Å². The summed E-state index contributed by atoms with van der Waals surface area (Å²) in [6.45, 7) is 3.51. The summed E-state index contributed by atoms with van der Waals surface area (Å²) in [5.41, 5.74) is 0. The van der Waals surface area contributed by atoms with Gasteiger partial charge in [-0.15, -0.1) is 0 Å². The minimum absolute atomic E-state index is 0. The molecule has 7 heteroatoms. The van der Waals surface area contributed by atoms with E-state index in [0.29, 0.717) is 26.3 Å². The van der Waals surface area contributed by atoms with Crippen LogP contribution >= 0.6 is 0 Å². The van der Waals surface area contributed by atoms with Crippen LogP contribution in [0.5, 0.6) is 0 Å². The molecule has 0 unspecified atom stereocenters. The van der Waals surface area contributed by atoms with E-state index < -0.39 is 10.3 Å². The van der Waals surface area contributed by atoms with Crippen LogP contribution in [0.2, 0.25) is 0 Å². The van der Waals surface area contributed by atoms with Gasteiger partial charge in [0.25, 0.3) is 0 Å². The smallest absolute Gasteiger partial charge is 1.00 e. The molecule has 0 spiro atoms. The number of rotatable bonds is 3. The van der Waals surface area contributed by atoms with Gasteiger partial charge in [-0.1, -0.05) is 0 Å². The standard InChI is InChI=1S/C6H13NO4S.Na.H/c1-2-11-12(8,9)7-3-5-10-6-4-7;;/h2-6H2,1H3;;/q;+1;-1. The molecule has 0 bridgehead atoms. The van der Waals surface area contributed by atoms with Crippen molar-refractivity contribution in [2.24, 2.45) is 0 Å². The molecular formula is C6H14NNaO4S. The quantitative estimate of drug-likeness (QED) is 0.467. The Hall–Kier alpha value is 0.830. The first-order valence-corrected chi connectivity index (χ1v) is 5.25. The zero-order valence-electron chi connectivity index (χ0n) is 9.02. The Morgan fingerprint density at radius 1 is 1.46 bits per heavy atom. The Kier molecular flexibility index (Phi) is 6.74. The number of morpholine rings is 1. The molecule has 1 heterocycles. The van der Waals surface area contributed by atoms with Gasteiger partial charge < -0.3 is 6.16 Å². The first-order chi connectivity index (χ1) is 5.67. The molecule has 0 aromatic rings. The zero-order chi connectivity index (χ0) is 9.03. The van der Waals surface area contributed by atoms with Crippen molar-refractivity contribution in [1.82, 2.24) is 4.31 Å². The molecular weight excluding hydrogens is 205 g/mol. The van der Waals surface area contributed by atoms with Crippen LogP contribution in [0.3, 0.4) is 0 Å². The van der Waals surface area contributed by atoms with Crippen LogP contribution in [-0.2, 0) is 19.2 Å². The average molecular weight is 219 g/mol. The average Bonchev–Trinajstić information content (AvgIpc) is 2.06. The third kappa shape index (κ3) is 4.24. The van der Waals surface area contributed by atoms with E-state index in [1.165, 1.54) is 4.31 Å². The van der Waals surface area contributed by atoms with Crippen LogP contribution in [-0.4, -0.2) is 45.6 Å². The Bertz CT molecular complexity index is 230. The summed E-state index contributed by atoms with van der Waals surface area (Å²) in [4.78, 5) is 0. The van der Waals surface area contributed by atoms with Gasteiger partial charge in [0.2, 0.25) is 0 Å². The van der Waals surface area contributed by atoms with Crippen LogP contribution in [0, 0.1) is 0 Å². The fraction of sp³-hybridized carbons (Fsp3) is 1.00. The number of hydrogen-bond acceptors (Lipinski definition) is 4. The molecule has 1 aliphatic rings. The van der Waals surface area contributed by atoms with Crippen molar-refractivity contribution in [3.05, 3.63) is 0 Å². The monoisotopic (exact) mass is 219 g/mol. The molecule has 1 rings (SSSR count). The third-order valence-electron chi connectivity index (χ3n) is 1.55. The number of hydrogen-bond donors (Lipinski definition) is 0. The largest absolute Gasteiger partial charge is 1.00 e.